The number of aryl methyl sites for hydroxylation is 3. The van der Waals surface area contributed by atoms with Gasteiger partial charge in [0.25, 0.3) is 0 Å². The standard InChI is InChI=1S/C13H21N5/c1-4-5-8-18-11(2)9-13(16-18)14-10-12-6-7-15-17(12)3/h6-7,9H,4-5,8,10H2,1-3H3,(H,14,16). The number of nitrogens with one attached hydrogen (secondary N) is 1. The van der Waals surface area contributed by atoms with Gasteiger partial charge in [0, 0.05) is 31.5 Å². The zero-order valence-corrected chi connectivity index (χ0v) is 11.3. The van der Waals surface area contributed by atoms with Crippen LogP contribution in [0.2, 0.25) is 0 Å². The first-order valence-corrected chi connectivity index (χ1v) is 6.46. The van der Waals surface area contributed by atoms with Crippen LogP contribution in [0.3, 0.4) is 0 Å². The molecule has 0 saturated carbocycles. The van der Waals surface area contributed by atoms with Gasteiger partial charge in [0.15, 0.2) is 0 Å². The van der Waals surface area contributed by atoms with E-state index in [-0.39, 0.29) is 0 Å². The van der Waals surface area contributed by atoms with E-state index in [0.29, 0.717) is 0 Å². The molecular weight excluding hydrogens is 226 g/mol. The first kappa shape index (κ1) is 12.7. The molecule has 0 aliphatic heterocycles. The third-order valence-corrected chi connectivity index (χ3v) is 3.08. The van der Waals surface area contributed by atoms with Crippen LogP contribution in [0.15, 0.2) is 18.3 Å². The fourth-order valence-electron chi connectivity index (χ4n) is 1.89. The highest BCUT2D eigenvalue weighted by Gasteiger charge is 2.04. The van der Waals surface area contributed by atoms with Gasteiger partial charge in [-0.05, 0) is 19.4 Å². The molecular formula is C13H21N5. The SMILES string of the molecule is CCCCn1nc(NCc2ccnn2C)cc1C. The lowest BCUT2D eigenvalue weighted by Gasteiger charge is -2.04. The molecule has 2 aromatic rings. The summed E-state index contributed by atoms with van der Waals surface area (Å²) in [5.74, 6) is 0.935. The van der Waals surface area contributed by atoms with E-state index in [2.05, 4.69) is 40.1 Å². The van der Waals surface area contributed by atoms with Crippen molar-refractivity contribution in [3.8, 4) is 0 Å². The molecule has 5 heteroatoms. The molecule has 0 atom stereocenters. The van der Waals surface area contributed by atoms with Crippen LogP contribution in [-0.4, -0.2) is 19.6 Å². The summed E-state index contributed by atoms with van der Waals surface area (Å²) in [4.78, 5) is 0. The van der Waals surface area contributed by atoms with E-state index >= 15 is 0 Å². The van der Waals surface area contributed by atoms with Crippen LogP contribution in [0.1, 0.15) is 31.2 Å². The zero-order valence-electron chi connectivity index (χ0n) is 11.3. The predicted molar refractivity (Wildman–Crippen MR) is 72.4 cm³/mol. The molecule has 0 amide bonds. The highest BCUT2D eigenvalue weighted by atomic mass is 15.3. The van der Waals surface area contributed by atoms with Crippen molar-refractivity contribution in [1.82, 2.24) is 19.6 Å². The van der Waals surface area contributed by atoms with Gasteiger partial charge in [-0.25, -0.2) is 0 Å². The first-order chi connectivity index (χ1) is 8.70. The maximum Gasteiger partial charge on any atom is 0.148 e. The molecule has 2 aromatic heterocycles. The van der Waals surface area contributed by atoms with Gasteiger partial charge in [0.1, 0.15) is 5.82 Å². The Labute approximate surface area is 108 Å². The third kappa shape index (κ3) is 2.91. The average molecular weight is 247 g/mol. The third-order valence-electron chi connectivity index (χ3n) is 3.08. The van der Waals surface area contributed by atoms with E-state index in [1.165, 1.54) is 18.5 Å². The van der Waals surface area contributed by atoms with Crippen molar-refractivity contribution >= 4 is 5.82 Å². The molecule has 0 saturated heterocycles. The van der Waals surface area contributed by atoms with Crippen LogP contribution >= 0.6 is 0 Å². The van der Waals surface area contributed by atoms with Gasteiger partial charge in [0.05, 0.1) is 12.2 Å². The molecule has 1 N–H and O–H groups in total. The fourth-order valence-corrected chi connectivity index (χ4v) is 1.89. The van der Waals surface area contributed by atoms with Crippen LogP contribution < -0.4 is 5.32 Å². The summed E-state index contributed by atoms with van der Waals surface area (Å²) in [7, 11) is 1.95. The molecule has 0 aliphatic rings. The van der Waals surface area contributed by atoms with Crippen LogP contribution in [0, 0.1) is 6.92 Å². The Morgan fingerprint density at radius 2 is 2.22 bits per heavy atom. The number of hydrogen-bond acceptors (Lipinski definition) is 3. The van der Waals surface area contributed by atoms with Gasteiger partial charge in [-0.15, -0.1) is 0 Å². The molecule has 2 rings (SSSR count). The summed E-state index contributed by atoms with van der Waals surface area (Å²) in [6.45, 7) is 6.04. The maximum absolute atomic E-state index is 4.55. The van der Waals surface area contributed by atoms with Crippen LogP contribution in [0.5, 0.6) is 0 Å². The van der Waals surface area contributed by atoms with Gasteiger partial charge in [-0.1, -0.05) is 13.3 Å². The summed E-state index contributed by atoms with van der Waals surface area (Å²) < 4.78 is 3.93. The minimum Gasteiger partial charge on any atom is -0.363 e. The van der Waals surface area contributed by atoms with Gasteiger partial charge in [0.2, 0.25) is 0 Å². The van der Waals surface area contributed by atoms with E-state index in [4.69, 9.17) is 0 Å². The van der Waals surface area contributed by atoms with Crippen molar-refractivity contribution in [2.75, 3.05) is 5.32 Å². The van der Waals surface area contributed by atoms with E-state index < -0.39 is 0 Å². The average Bonchev–Trinajstić information content (AvgIpc) is 2.91. The number of rotatable bonds is 6. The minimum absolute atomic E-state index is 0.751. The van der Waals surface area contributed by atoms with E-state index in [0.717, 1.165) is 24.6 Å². The molecule has 5 nitrogen and oxygen atoms in total. The van der Waals surface area contributed by atoms with Crippen molar-refractivity contribution in [2.24, 2.45) is 7.05 Å². The van der Waals surface area contributed by atoms with Gasteiger partial charge in [-0.2, -0.15) is 10.2 Å². The molecule has 0 unspecified atom stereocenters. The second-order valence-electron chi connectivity index (χ2n) is 4.55. The Hall–Kier alpha value is -1.78. The summed E-state index contributed by atoms with van der Waals surface area (Å²) >= 11 is 0. The van der Waals surface area contributed by atoms with Crippen molar-refractivity contribution in [1.29, 1.82) is 0 Å². The lowest BCUT2D eigenvalue weighted by Crippen LogP contribution is -2.07. The molecule has 0 fully saturated rings. The normalized spacial score (nSPS) is 10.8. The predicted octanol–water partition coefficient (Wildman–Crippen LogP) is 2.34. The van der Waals surface area contributed by atoms with E-state index in [1.807, 2.05) is 24.0 Å². The Morgan fingerprint density at radius 1 is 1.39 bits per heavy atom. The Morgan fingerprint density at radius 3 is 2.89 bits per heavy atom. The Kier molecular flexibility index (Phi) is 4.02. The van der Waals surface area contributed by atoms with Crippen molar-refractivity contribution < 1.29 is 0 Å². The van der Waals surface area contributed by atoms with Gasteiger partial charge >= 0.3 is 0 Å². The Bertz CT molecular complexity index is 497. The molecule has 98 valence electrons. The zero-order chi connectivity index (χ0) is 13.0. The topological polar surface area (TPSA) is 47.7 Å². The summed E-state index contributed by atoms with van der Waals surface area (Å²) in [6, 6.07) is 4.10. The number of aromatic nitrogens is 4. The van der Waals surface area contributed by atoms with Crippen molar-refractivity contribution in [3.05, 3.63) is 29.7 Å². The van der Waals surface area contributed by atoms with Crippen molar-refractivity contribution in [2.45, 2.75) is 39.8 Å². The quantitative estimate of drug-likeness (QED) is 0.852. The highest BCUT2D eigenvalue weighted by molar-refractivity contribution is 5.36. The van der Waals surface area contributed by atoms with E-state index in [1.54, 1.807) is 0 Å². The largest absolute Gasteiger partial charge is 0.363 e. The molecule has 0 spiro atoms. The van der Waals surface area contributed by atoms with Crippen LogP contribution in [0.4, 0.5) is 5.82 Å². The first-order valence-electron chi connectivity index (χ1n) is 6.46. The maximum atomic E-state index is 4.55. The summed E-state index contributed by atoms with van der Waals surface area (Å²) in [5.41, 5.74) is 2.35. The van der Waals surface area contributed by atoms with Gasteiger partial charge in [-0.3, -0.25) is 9.36 Å². The summed E-state index contributed by atoms with van der Waals surface area (Å²) in [5, 5.41) is 12.0. The van der Waals surface area contributed by atoms with Crippen LogP contribution in [0.25, 0.3) is 0 Å². The summed E-state index contributed by atoms with van der Waals surface area (Å²) in [6.07, 6.45) is 4.17. The molecule has 0 radical (unpaired) electrons. The molecule has 0 bridgehead atoms. The lowest BCUT2D eigenvalue weighted by molar-refractivity contribution is 0.560. The van der Waals surface area contributed by atoms with Gasteiger partial charge < -0.3 is 5.32 Å². The number of anilines is 1. The molecule has 0 aliphatic carbocycles. The second kappa shape index (κ2) is 5.71. The number of hydrogen-bond donors (Lipinski definition) is 1. The lowest BCUT2D eigenvalue weighted by atomic mass is 10.3. The Balaban J connectivity index is 1.95. The highest BCUT2D eigenvalue weighted by Crippen LogP contribution is 2.11. The fraction of sp³-hybridized carbons (Fsp3) is 0.538. The second-order valence-corrected chi connectivity index (χ2v) is 4.55. The van der Waals surface area contributed by atoms with Crippen molar-refractivity contribution in [3.63, 3.8) is 0 Å². The monoisotopic (exact) mass is 247 g/mol. The number of nitrogens with zero attached hydrogens (tertiary/aromatic N) is 4. The van der Waals surface area contributed by atoms with E-state index in [9.17, 15) is 0 Å². The smallest absolute Gasteiger partial charge is 0.148 e. The minimum atomic E-state index is 0.751. The molecule has 0 aromatic carbocycles. The molecule has 2 heterocycles. The number of unbranched alkanes of at least 4 members (excludes halogenated alkanes) is 1. The molecule has 18 heavy (non-hydrogen) atoms. The van der Waals surface area contributed by atoms with Crippen LogP contribution in [-0.2, 0) is 20.1 Å².